The maximum absolute atomic E-state index is 13.3. The molecule has 0 spiro atoms. The molecule has 4 aromatic rings. The molecule has 1 amide bonds. The van der Waals surface area contributed by atoms with Crippen LogP contribution in [0.4, 0.5) is 8.78 Å². The summed E-state index contributed by atoms with van der Waals surface area (Å²) >= 11 is 0. The van der Waals surface area contributed by atoms with Crippen molar-refractivity contribution in [3.8, 4) is 0 Å². The van der Waals surface area contributed by atoms with E-state index >= 15 is 0 Å². The van der Waals surface area contributed by atoms with Gasteiger partial charge in [-0.25, -0.2) is 27.9 Å². The van der Waals surface area contributed by atoms with Gasteiger partial charge in [-0.1, -0.05) is 6.07 Å². The minimum Gasteiger partial charge on any atom is -0.348 e. The summed E-state index contributed by atoms with van der Waals surface area (Å²) in [5, 5.41) is 8.33. The Morgan fingerprint density at radius 2 is 2.13 bits per heavy atom. The number of aromatic nitrogens is 7. The van der Waals surface area contributed by atoms with Gasteiger partial charge in [0, 0.05) is 31.9 Å². The molecule has 0 fully saturated rings. The number of aromatic amines is 1. The summed E-state index contributed by atoms with van der Waals surface area (Å²) in [7, 11) is 1.43. The number of aryl methyl sites for hydroxylation is 2. The van der Waals surface area contributed by atoms with Crippen LogP contribution < -0.4 is 0 Å². The number of nitrogens with one attached hydrogen (secondary N) is 1. The van der Waals surface area contributed by atoms with Gasteiger partial charge in [0.05, 0.1) is 23.2 Å². The number of rotatable bonds is 3. The lowest BCUT2D eigenvalue weighted by molar-refractivity contribution is 0.0669. The lowest BCUT2D eigenvalue weighted by Gasteiger charge is -2.33. The molecule has 0 aliphatic carbocycles. The third-order valence-corrected chi connectivity index (χ3v) is 5.26. The first-order valence-electron chi connectivity index (χ1n) is 9.40. The highest BCUT2D eigenvalue weighted by molar-refractivity contribution is 5.91. The van der Waals surface area contributed by atoms with Crippen LogP contribution in [0.15, 0.2) is 30.7 Å². The number of carbonyl (C=O) groups excluding carboxylic acids is 1. The second-order valence-corrected chi connectivity index (χ2v) is 7.28. The second-order valence-electron chi connectivity index (χ2n) is 7.28. The summed E-state index contributed by atoms with van der Waals surface area (Å²) in [5.41, 5.74) is 4.17. The zero-order valence-corrected chi connectivity index (χ0v) is 16.3. The van der Waals surface area contributed by atoms with Gasteiger partial charge in [0.1, 0.15) is 6.04 Å². The minimum atomic E-state index is -2.85. The maximum atomic E-state index is 13.3. The number of imidazole rings is 1. The van der Waals surface area contributed by atoms with Crippen LogP contribution in [-0.4, -0.2) is 51.7 Å². The summed E-state index contributed by atoms with van der Waals surface area (Å²) in [4.78, 5) is 26.2. The Balaban J connectivity index is 1.60. The average molecular weight is 412 g/mol. The van der Waals surface area contributed by atoms with Crippen LogP contribution in [0.1, 0.15) is 51.6 Å². The molecule has 1 N–H and O–H groups in total. The fourth-order valence-electron chi connectivity index (χ4n) is 3.85. The van der Waals surface area contributed by atoms with E-state index < -0.39 is 24.2 Å². The number of halogens is 2. The fourth-order valence-corrected chi connectivity index (χ4v) is 3.85. The number of pyridine rings is 1. The van der Waals surface area contributed by atoms with Crippen molar-refractivity contribution in [3.63, 3.8) is 0 Å². The largest absolute Gasteiger partial charge is 0.348 e. The number of H-pyrrole nitrogens is 1. The first-order valence-corrected chi connectivity index (χ1v) is 9.40. The van der Waals surface area contributed by atoms with E-state index in [1.807, 2.05) is 31.3 Å². The third-order valence-electron chi connectivity index (χ3n) is 5.26. The molecular weight excluding hydrogens is 394 g/mol. The standard InChI is InChI=1S/C19H18F2N8O/c1-10-3-4-11-7-13(25-29(11)8-10)15-14-12(22-9-23-14)5-6-28(15)19(30)18-24-17(16(20)21)26-27(18)2/h3-4,7-9,15-16H,5-6H2,1-2H3,(H,22,23)/t15-/m1/s1. The van der Waals surface area contributed by atoms with Gasteiger partial charge in [0.2, 0.25) is 11.6 Å². The number of hydrogen-bond donors (Lipinski definition) is 1. The zero-order chi connectivity index (χ0) is 21.0. The molecule has 5 heterocycles. The summed E-state index contributed by atoms with van der Waals surface area (Å²) in [6, 6.07) is 5.26. The highest BCUT2D eigenvalue weighted by atomic mass is 19.3. The molecule has 0 radical (unpaired) electrons. The number of alkyl halides is 2. The van der Waals surface area contributed by atoms with E-state index in [-0.39, 0.29) is 5.82 Å². The van der Waals surface area contributed by atoms with Crippen molar-refractivity contribution in [1.29, 1.82) is 0 Å². The predicted octanol–water partition coefficient (Wildman–Crippen LogP) is 2.22. The lowest BCUT2D eigenvalue weighted by Crippen LogP contribution is -2.42. The molecule has 9 nitrogen and oxygen atoms in total. The van der Waals surface area contributed by atoms with Crippen LogP contribution in [0, 0.1) is 6.92 Å². The molecule has 11 heteroatoms. The number of nitrogens with zero attached hydrogens (tertiary/aromatic N) is 7. The molecule has 154 valence electrons. The van der Waals surface area contributed by atoms with E-state index in [1.165, 1.54) is 7.05 Å². The Labute approximate surface area is 169 Å². The van der Waals surface area contributed by atoms with Crippen molar-refractivity contribution < 1.29 is 13.6 Å². The Hall–Kier alpha value is -3.63. The summed E-state index contributed by atoms with van der Waals surface area (Å²) in [6.45, 7) is 2.33. The van der Waals surface area contributed by atoms with E-state index in [9.17, 15) is 13.6 Å². The van der Waals surface area contributed by atoms with Gasteiger partial charge in [0.25, 0.3) is 12.3 Å². The van der Waals surface area contributed by atoms with Crippen LogP contribution in [0.5, 0.6) is 0 Å². The van der Waals surface area contributed by atoms with Gasteiger partial charge < -0.3 is 9.88 Å². The predicted molar refractivity (Wildman–Crippen MR) is 101 cm³/mol. The van der Waals surface area contributed by atoms with Crippen molar-refractivity contribution in [2.24, 2.45) is 7.05 Å². The highest BCUT2D eigenvalue weighted by Gasteiger charge is 2.38. The van der Waals surface area contributed by atoms with E-state index in [4.69, 9.17) is 0 Å². The summed E-state index contributed by atoms with van der Waals surface area (Å²) in [6.07, 6.45) is 1.19. The first-order chi connectivity index (χ1) is 14.4. The minimum absolute atomic E-state index is 0.145. The van der Waals surface area contributed by atoms with Gasteiger partial charge in [0.15, 0.2) is 0 Å². The summed E-state index contributed by atoms with van der Waals surface area (Å²) in [5.74, 6) is -1.31. The Kier molecular flexibility index (Phi) is 4.12. The first kappa shape index (κ1) is 18.4. The fraction of sp³-hybridized carbons (Fsp3) is 0.316. The topological polar surface area (TPSA) is 97.0 Å². The molecule has 0 bridgehead atoms. The molecule has 1 aliphatic rings. The summed E-state index contributed by atoms with van der Waals surface area (Å²) < 4.78 is 28.9. The highest BCUT2D eigenvalue weighted by Crippen LogP contribution is 2.34. The molecule has 4 aromatic heterocycles. The molecule has 0 aromatic carbocycles. The number of carbonyl (C=O) groups is 1. The number of fused-ring (bicyclic) bond motifs is 2. The molecule has 5 rings (SSSR count). The van der Waals surface area contributed by atoms with E-state index in [1.54, 1.807) is 15.7 Å². The van der Waals surface area contributed by atoms with Gasteiger partial charge in [-0.15, -0.1) is 5.10 Å². The van der Waals surface area contributed by atoms with Crippen molar-refractivity contribution in [2.75, 3.05) is 6.54 Å². The average Bonchev–Trinajstić information content (AvgIpc) is 3.43. The van der Waals surface area contributed by atoms with Crippen molar-refractivity contribution in [1.82, 2.24) is 39.2 Å². The normalized spacial score (nSPS) is 16.4. The van der Waals surface area contributed by atoms with E-state index in [0.717, 1.165) is 21.5 Å². The van der Waals surface area contributed by atoms with Gasteiger partial charge in [-0.05, 0) is 24.6 Å². The van der Waals surface area contributed by atoms with E-state index in [0.29, 0.717) is 24.4 Å². The maximum Gasteiger partial charge on any atom is 0.299 e. The van der Waals surface area contributed by atoms with E-state index in [2.05, 4.69) is 25.1 Å². The van der Waals surface area contributed by atoms with Crippen LogP contribution in [-0.2, 0) is 13.5 Å². The van der Waals surface area contributed by atoms with Crippen molar-refractivity contribution in [2.45, 2.75) is 25.8 Å². The molecule has 1 atom stereocenters. The van der Waals surface area contributed by atoms with Crippen LogP contribution in [0.25, 0.3) is 5.52 Å². The van der Waals surface area contributed by atoms with Crippen LogP contribution in [0.2, 0.25) is 0 Å². The molecule has 0 saturated heterocycles. The molecular formula is C19H18F2N8O. The van der Waals surface area contributed by atoms with Gasteiger partial charge in [-0.2, -0.15) is 5.10 Å². The van der Waals surface area contributed by atoms with Gasteiger partial charge >= 0.3 is 0 Å². The zero-order valence-electron chi connectivity index (χ0n) is 16.3. The second kappa shape index (κ2) is 6.71. The number of amides is 1. The molecule has 1 aliphatic heterocycles. The molecule has 30 heavy (non-hydrogen) atoms. The number of hydrogen-bond acceptors (Lipinski definition) is 5. The quantitative estimate of drug-likeness (QED) is 0.557. The molecule has 0 unspecified atom stereocenters. The smallest absolute Gasteiger partial charge is 0.299 e. The SMILES string of the molecule is Cc1ccc2cc([C@@H]3c4nc[nH]c4CCN3C(=O)c3nc(C(F)F)nn3C)nn2c1. The van der Waals surface area contributed by atoms with Crippen LogP contribution >= 0.6 is 0 Å². The van der Waals surface area contributed by atoms with Gasteiger partial charge in [-0.3, -0.25) is 4.79 Å². The Morgan fingerprint density at radius 3 is 2.90 bits per heavy atom. The van der Waals surface area contributed by atoms with Crippen molar-refractivity contribution in [3.05, 3.63) is 65.0 Å². The lowest BCUT2D eigenvalue weighted by atomic mass is 9.99. The third kappa shape index (κ3) is 2.85. The van der Waals surface area contributed by atoms with Crippen LogP contribution in [0.3, 0.4) is 0 Å². The Bertz CT molecular complexity index is 1260. The monoisotopic (exact) mass is 412 g/mol. The molecule has 0 saturated carbocycles. The Morgan fingerprint density at radius 1 is 1.30 bits per heavy atom. The van der Waals surface area contributed by atoms with Crippen molar-refractivity contribution >= 4 is 11.4 Å².